The highest BCUT2D eigenvalue weighted by Crippen LogP contribution is 2.15. The van der Waals surface area contributed by atoms with E-state index in [2.05, 4.69) is 47.1 Å². The third-order valence-electron chi connectivity index (χ3n) is 3.25. The number of aryl methyl sites for hydroxylation is 2. The van der Waals surface area contributed by atoms with Gasteiger partial charge in [0.1, 0.15) is 0 Å². The van der Waals surface area contributed by atoms with Crippen molar-refractivity contribution in [3.05, 3.63) is 35.4 Å². The third-order valence-corrected chi connectivity index (χ3v) is 3.81. The van der Waals surface area contributed by atoms with Crippen LogP contribution in [-0.4, -0.2) is 5.33 Å². The van der Waals surface area contributed by atoms with Crippen LogP contribution in [0, 0.1) is 0 Å². The topological polar surface area (TPSA) is 0 Å². The quantitative estimate of drug-likeness (QED) is 0.415. The van der Waals surface area contributed by atoms with E-state index in [1.807, 2.05) is 0 Å². The first kappa shape index (κ1) is 14.8. The molecule has 0 aliphatic carbocycles. The van der Waals surface area contributed by atoms with E-state index in [0.29, 0.717) is 0 Å². The van der Waals surface area contributed by atoms with Crippen LogP contribution in [-0.2, 0) is 12.8 Å². The van der Waals surface area contributed by atoms with E-state index in [1.165, 1.54) is 51.4 Å². The maximum Gasteiger partial charge on any atom is 0.00313 e. The molecule has 1 heteroatoms. The summed E-state index contributed by atoms with van der Waals surface area (Å²) in [7, 11) is 0. The molecule has 0 radical (unpaired) electrons. The lowest BCUT2D eigenvalue weighted by Crippen LogP contribution is -1.94. The summed E-state index contributed by atoms with van der Waals surface area (Å²) >= 11 is 3.49. The van der Waals surface area contributed by atoms with Crippen molar-refractivity contribution in [2.75, 3.05) is 5.33 Å². The lowest BCUT2D eigenvalue weighted by atomic mass is 9.97. The SMILES string of the molecule is CCCCc1ccccc1CCCCCCBr. The molecule has 0 aliphatic rings. The van der Waals surface area contributed by atoms with Gasteiger partial charge in [-0.25, -0.2) is 0 Å². The van der Waals surface area contributed by atoms with Gasteiger partial charge in [-0.2, -0.15) is 0 Å². The van der Waals surface area contributed by atoms with Crippen molar-refractivity contribution >= 4 is 15.9 Å². The Labute approximate surface area is 115 Å². The molecule has 1 aromatic rings. The van der Waals surface area contributed by atoms with E-state index < -0.39 is 0 Å². The van der Waals surface area contributed by atoms with Gasteiger partial charge in [0.15, 0.2) is 0 Å². The molecular weight excluding hydrogens is 272 g/mol. The third kappa shape index (κ3) is 6.26. The highest BCUT2D eigenvalue weighted by atomic mass is 79.9. The van der Waals surface area contributed by atoms with Crippen molar-refractivity contribution in [3.63, 3.8) is 0 Å². The summed E-state index contributed by atoms with van der Waals surface area (Å²) in [5.41, 5.74) is 3.16. The van der Waals surface area contributed by atoms with E-state index >= 15 is 0 Å². The van der Waals surface area contributed by atoms with Gasteiger partial charge in [-0.15, -0.1) is 0 Å². The summed E-state index contributed by atoms with van der Waals surface area (Å²) in [6, 6.07) is 8.99. The monoisotopic (exact) mass is 296 g/mol. The fourth-order valence-electron chi connectivity index (χ4n) is 2.18. The molecule has 0 saturated heterocycles. The van der Waals surface area contributed by atoms with Crippen LogP contribution < -0.4 is 0 Å². The number of hydrogen-bond acceptors (Lipinski definition) is 0. The summed E-state index contributed by atoms with van der Waals surface area (Å²) in [6.45, 7) is 2.27. The zero-order valence-electron chi connectivity index (χ0n) is 11.1. The number of benzene rings is 1. The summed E-state index contributed by atoms with van der Waals surface area (Å²) in [5, 5.41) is 1.15. The molecule has 1 rings (SSSR count). The second-order valence-electron chi connectivity index (χ2n) is 4.73. The van der Waals surface area contributed by atoms with Crippen molar-refractivity contribution in [1.82, 2.24) is 0 Å². The van der Waals surface area contributed by atoms with Gasteiger partial charge in [-0.1, -0.05) is 66.4 Å². The van der Waals surface area contributed by atoms with Gasteiger partial charge in [-0.05, 0) is 43.2 Å². The Bertz CT molecular complexity index is 293. The Morgan fingerprint density at radius 2 is 1.41 bits per heavy atom. The van der Waals surface area contributed by atoms with E-state index in [-0.39, 0.29) is 0 Å². The molecule has 0 atom stereocenters. The van der Waals surface area contributed by atoms with E-state index in [9.17, 15) is 0 Å². The summed E-state index contributed by atoms with van der Waals surface area (Å²) in [5.74, 6) is 0. The molecule has 1 aromatic carbocycles. The van der Waals surface area contributed by atoms with Crippen LogP contribution in [0.3, 0.4) is 0 Å². The molecular formula is C16H25Br. The van der Waals surface area contributed by atoms with Crippen molar-refractivity contribution in [2.45, 2.75) is 58.3 Å². The van der Waals surface area contributed by atoms with E-state index in [1.54, 1.807) is 11.1 Å². The molecule has 17 heavy (non-hydrogen) atoms. The average Bonchev–Trinajstić information content (AvgIpc) is 2.37. The van der Waals surface area contributed by atoms with Crippen LogP contribution in [0.1, 0.15) is 56.6 Å². The molecule has 0 heterocycles. The first-order valence-electron chi connectivity index (χ1n) is 7.01. The average molecular weight is 297 g/mol. The minimum atomic E-state index is 1.15. The highest BCUT2D eigenvalue weighted by Gasteiger charge is 2.01. The highest BCUT2D eigenvalue weighted by molar-refractivity contribution is 9.09. The molecule has 0 spiro atoms. The standard InChI is InChI=1S/C16H25Br/c1-2-3-10-15-12-7-8-13-16(15)11-6-4-5-9-14-17/h7-8,12-13H,2-6,9-11,14H2,1H3. The second kappa shape index (κ2) is 9.70. The van der Waals surface area contributed by atoms with Crippen LogP contribution in [0.25, 0.3) is 0 Å². The largest absolute Gasteiger partial charge is 0.0928 e. The molecule has 0 unspecified atom stereocenters. The maximum atomic E-state index is 3.49. The first-order valence-corrected chi connectivity index (χ1v) is 8.13. The van der Waals surface area contributed by atoms with Gasteiger partial charge in [0.05, 0.1) is 0 Å². The zero-order valence-corrected chi connectivity index (χ0v) is 12.6. The fourth-order valence-corrected chi connectivity index (χ4v) is 2.57. The van der Waals surface area contributed by atoms with Gasteiger partial charge in [0.2, 0.25) is 0 Å². The van der Waals surface area contributed by atoms with Crippen molar-refractivity contribution < 1.29 is 0 Å². The van der Waals surface area contributed by atoms with Gasteiger partial charge in [0, 0.05) is 5.33 Å². The molecule has 0 aromatic heterocycles. The number of unbranched alkanes of at least 4 members (excludes halogenated alkanes) is 4. The predicted octanol–water partition coefficient (Wildman–Crippen LogP) is 5.53. The Balaban J connectivity index is 2.35. The van der Waals surface area contributed by atoms with Gasteiger partial charge < -0.3 is 0 Å². The van der Waals surface area contributed by atoms with Crippen LogP contribution in [0.4, 0.5) is 0 Å². The molecule has 0 nitrogen and oxygen atoms in total. The zero-order chi connectivity index (χ0) is 12.3. The Kier molecular flexibility index (Phi) is 8.42. The number of alkyl halides is 1. The maximum absolute atomic E-state index is 3.49. The number of rotatable bonds is 9. The Morgan fingerprint density at radius 1 is 0.824 bits per heavy atom. The fraction of sp³-hybridized carbons (Fsp3) is 0.625. The van der Waals surface area contributed by atoms with Gasteiger partial charge >= 0.3 is 0 Å². The van der Waals surface area contributed by atoms with Crippen LogP contribution in [0.15, 0.2) is 24.3 Å². The first-order chi connectivity index (χ1) is 8.38. The molecule has 0 bridgehead atoms. The predicted molar refractivity (Wildman–Crippen MR) is 81.0 cm³/mol. The summed E-state index contributed by atoms with van der Waals surface area (Å²) < 4.78 is 0. The smallest absolute Gasteiger partial charge is 0.00313 e. The number of hydrogen-bond donors (Lipinski definition) is 0. The van der Waals surface area contributed by atoms with E-state index in [0.717, 1.165) is 5.33 Å². The second-order valence-corrected chi connectivity index (χ2v) is 5.52. The Morgan fingerprint density at radius 3 is 2.00 bits per heavy atom. The summed E-state index contributed by atoms with van der Waals surface area (Å²) in [4.78, 5) is 0. The van der Waals surface area contributed by atoms with Crippen LogP contribution >= 0.6 is 15.9 Å². The van der Waals surface area contributed by atoms with Gasteiger partial charge in [0.25, 0.3) is 0 Å². The molecule has 0 N–H and O–H groups in total. The molecule has 0 amide bonds. The van der Waals surface area contributed by atoms with Gasteiger partial charge in [-0.3, -0.25) is 0 Å². The van der Waals surface area contributed by atoms with Crippen molar-refractivity contribution in [1.29, 1.82) is 0 Å². The van der Waals surface area contributed by atoms with Crippen LogP contribution in [0.2, 0.25) is 0 Å². The van der Waals surface area contributed by atoms with Crippen molar-refractivity contribution in [3.8, 4) is 0 Å². The lowest BCUT2D eigenvalue weighted by Gasteiger charge is -2.08. The van der Waals surface area contributed by atoms with Crippen molar-refractivity contribution in [2.24, 2.45) is 0 Å². The molecule has 0 saturated carbocycles. The Hall–Kier alpha value is -0.300. The molecule has 0 aliphatic heterocycles. The normalized spacial score (nSPS) is 10.7. The van der Waals surface area contributed by atoms with E-state index in [4.69, 9.17) is 0 Å². The van der Waals surface area contributed by atoms with Crippen LogP contribution in [0.5, 0.6) is 0 Å². The minimum absolute atomic E-state index is 1.15. The lowest BCUT2D eigenvalue weighted by molar-refractivity contribution is 0.667. The summed E-state index contributed by atoms with van der Waals surface area (Å²) in [6.07, 6.45) is 10.5. The number of halogens is 1. The molecule has 0 fully saturated rings. The molecule has 96 valence electrons. The minimum Gasteiger partial charge on any atom is -0.0928 e.